The molecule has 1 fully saturated rings. The van der Waals surface area contributed by atoms with Crippen LogP contribution in [0.15, 0.2) is 56.6 Å². The van der Waals surface area contributed by atoms with Gasteiger partial charge in [-0.15, -0.1) is 0 Å². The average Bonchev–Trinajstić information content (AvgIpc) is 3.33. The Bertz CT molecular complexity index is 988. The number of amides is 1. The van der Waals surface area contributed by atoms with E-state index < -0.39 is 0 Å². The Labute approximate surface area is 163 Å². The van der Waals surface area contributed by atoms with Crippen LogP contribution in [0.4, 0.5) is 0 Å². The second-order valence-electron chi connectivity index (χ2n) is 7.74. The van der Waals surface area contributed by atoms with Crippen molar-refractivity contribution in [2.24, 2.45) is 21.9 Å². The molecule has 7 heteroatoms. The van der Waals surface area contributed by atoms with E-state index in [0.29, 0.717) is 18.2 Å². The molecular weight excluding hydrogens is 354 g/mol. The molecular formula is C21H23N5O2. The summed E-state index contributed by atoms with van der Waals surface area (Å²) in [6, 6.07) is 9.56. The van der Waals surface area contributed by atoms with Crippen LogP contribution >= 0.6 is 0 Å². The molecule has 2 aromatic rings. The van der Waals surface area contributed by atoms with Gasteiger partial charge < -0.3 is 14.6 Å². The summed E-state index contributed by atoms with van der Waals surface area (Å²) < 4.78 is 5.81. The molecule has 5 rings (SSSR count). The van der Waals surface area contributed by atoms with Crippen molar-refractivity contribution in [3.05, 3.63) is 47.9 Å². The van der Waals surface area contributed by atoms with Crippen LogP contribution in [0.5, 0.6) is 0 Å². The minimum atomic E-state index is -0.173. The summed E-state index contributed by atoms with van der Waals surface area (Å²) in [5.74, 6) is 1.01. The number of carbonyl (C=O) groups excluding carboxylic acids is 1. The molecule has 1 N–H and O–H groups in total. The maximum absolute atomic E-state index is 13.1. The SMILES string of the molecule is CC1=NC2NC=NN2C(C2CN(C(=O)c3cc4ccccc4o3)CCC2C)=C1. The van der Waals surface area contributed by atoms with Crippen molar-refractivity contribution in [1.29, 1.82) is 0 Å². The van der Waals surface area contributed by atoms with E-state index in [2.05, 4.69) is 28.4 Å². The molecule has 3 aliphatic heterocycles. The average molecular weight is 377 g/mol. The largest absolute Gasteiger partial charge is 0.451 e. The number of hydrazone groups is 1. The molecule has 0 bridgehead atoms. The lowest BCUT2D eigenvalue weighted by Crippen LogP contribution is -2.48. The van der Waals surface area contributed by atoms with Crippen molar-refractivity contribution in [2.75, 3.05) is 13.1 Å². The van der Waals surface area contributed by atoms with Crippen LogP contribution in [-0.4, -0.2) is 47.2 Å². The second kappa shape index (κ2) is 6.51. The van der Waals surface area contributed by atoms with Crippen molar-refractivity contribution in [3.63, 3.8) is 0 Å². The van der Waals surface area contributed by atoms with Crippen LogP contribution in [0.3, 0.4) is 0 Å². The molecule has 144 valence electrons. The predicted molar refractivity (Wildman–Crippen MR) is 108 cm³/mol. The van der Waals surface area contributed by atoms with E-state index in [9.17, 15) is 4.79 Å². The van der Waals surface area contributed by atoms with Crippen LogP contribution in [0.25, 0.3) is 11.0 Å². The van der Waals surface area contributed by atoms with Crippen molar-refractivity contribution >= 4 is 28.9 Å². The number of fused-ring (bicyclic) bond motifs is 2. The number of allylic oxidation sites excluding steroid dienone is 1. The van der Waals surface area contributed by atoms with Gasteiger partial charge in [0.15, 0.2) is 5.76 Å². The highest BCUT2D eigenvalue weighted by molar-refractivity contribution is 5.96. The van der Waals surface area contributed by atoms with Crippen LogP contribution in [-0.2, 0) is 0 Å². The van der Waals surface area contributed by atoms with Crippen LogP contribution in [0.1, 0.15) is 30.8 Å². The predicted octanol–water partition coefficient (Wildman–Crippen LogP) is 3.02. The molecule has 7 nitrogen and oxygen atoms in total. The number of nitrogens with zero attached hydrogens (tertiary/aromatic N) is 4. The summed E-state index contributed by atoms with van der Waals surface area (Å²) in [5, 5.41) is 10.5. The first-order valence-electron chi connectivity index (χ1n) is 9.72. The topological polar surface area (TPSA) is 73.4 Å². The number of aliphatic imine (C=N–C) groups is 1. The Morgan fingerprint density at radius 2 is 2.18 bits per heavy atom. The number of hydrogen-bond acceptors (Lipinski definition) is 6. The van der Waals surface area contributed by atoms with Crippen LogP contribution in [0, 0.1) is 11.8 Å². The zero-order valence-electron chi connectivity index (χ0n) is 16.0. The molecule has 4 heterocycles. The zero-order valence-corrected chi connectivity index (χ0v) is 16.0. The smallest absolute Gasteiger partial charge is 0.289 e. The number of benzene rings is 1. The van der Waals surface area contributed by atoms with Gasteiger partial charge in [0, 0.05) is 35.8 Å². The first-order chi connectivity index (χ1) is 13.6. The fraction of sp³-hybridized carbons (Fsp3) is 0.381. The maximum Gasteiger partial charge on any atom is 0.289 e. The monoisotopic (exact) mass is 377 g/mol. The standard InChI is InChI=1S/C21H23N5O2/c1-13-7-8-25(20(27)19-10-15-5-3-4-6-18(15)28-19)11-16(13)17-9-14(2)24-21-22-12-23-26(17)21/h3-6,9-10,12-13,16,21H,7-8,11H2,1-2H3,(H,22,23). The summed E-state index contributed by atoms with van der Waals surface area (Å²) in [4.78, 5) is 19.6. The van der Waals surface area contributed by atoms with Gasteiger partial charge in [0.2, 0.25) is 6.29 Å². The molecule has 0 saturated carbocycles. The van der Waals surface area contributed by atoms with E-state index >= 15 is 0 Å². The van der Waals surface area contributed by atoms with Gasteiger partial charge in [-0.25, -0.2) is 10.0 Å². The minimum Gasteiger partial charge on any atom is -0.451 e. The van der Waals surface area contributed by atoms with Gasteiger partial charge in [-0.05, 0) is 37.5 Å². The number of likely N-dealkylation sites (tertiary alicyclic amines) is 1. The van der Waals surface area contributed by atoms with E-state index in [-0.39, 0.29) is 18.1 Å². The molecule has 3 atom stereocenters. The minimum absolute atomic E-state index is 0.0468. The zero-order chi connectivity index (χ0) is 19.3. The first kappa shape index (κ1) is 17.0. The summed E-state index contributed by atoms with van der Waals surface area (Å²) in [5.41, 5.74) is 2.84. The Hall–Kier alpha value is -3.09. The number of furan rings is 1. The lowest BCUT2D eigenvalue weighted by molar-refractivity contribution is 0.0576. The number of piperidine rings is 1. The van der Waals surface area contributed by atoms with Crippen molar-refractivity contribution in [1.82, 2.24) is 15.2 Å². The van der Waals surface area contributed by atoms with Gasteiger partial charge in [-0.2, -0.15) is 5.10 Å². The highest BCUT2D eigenvalue weighted by Gasteiger charge is 2.38. The Balaban J connectivity index is 1.41. The van der Waals surface area contributed by atoms with Crippen LogP contribution < -0.4 is 5.32 Å². The lowest BCUT2D eigenvalue weighted by Gasteiger charge is -2.41. The van der Waals surface area contributed by atoms with E-state index in [4.69, 9.17) is 4.42 Å². The van der Waals surface area contributed by atoms with Crippen molar-refractivity contribution in [3.8, 4) is 0 Å². The molecule has 1 amide bonds. The Morgan fingerprint density at radius 3 is 3.04 bits per heavy atom. The van der Waals surface area contributed by atoms with Gasteiger partial charge >= 0.3 is 0 Å². The second-order valence-corrected chi connectivity index (χ2v) is 7.74. The van der Waals surface area contributed by atoms with Gasteiger partial charge in [0.25, 0.3) is 5.91 Å². The molecule has 0 radical (unpaired) electrons. The third-order valence-corrected chi connectivity index (χ3v) is 5.85. The molecule has 1 aromatic carbocycles. The summed E-state index contributed by atoms with van der Waals surface area (Å²) in [6.07, 6.45) is 4.55. The quantitative estimate of drug-likeness (QED) is 0.873. The van der Waals surface area contributed by atoms with Gasteiger partial charge in [-0.3, -0.25) is 4.79 Å². The van der Waals surface area contributed by atoms with E-state index in [1.165, 1.54) is 0 Å². The Kier molecular flexibility index (Phi) is 3.96. The summed E-state index contributed by atoms with van der Waals surface area (Å²) in [7, 11) is 0. The molecule has 3 unspecified atom stereocenters. The van der Waals surface area contributed by atoms with E-state index in [1.54, 1.807) is 6.34 Å². The third kappa shape index (κ3) is 2.78. The molecule has 1 saturated heterocycles. The summed E-state index contributed by atoms with van der Waals surface area (Å²) >= 11 is 0. The molecule has 28 heavy (non-hydrogen) atoms. The Morgan fingerprint density at radius 1 is 1.32 bits per heavy atom. The van der Waals surface area contributed by atoms with Crippen molar-refractivity contribution < 1.29 is 9.21 Å². The summed E-state index contributed by atoms with van der Waals surface area (Å²) in [6.45, 7) is 5.63. The molecule has 1 aromatic heterocycles. The van der Waals surface area contributed by atoms with E-state index in [0.717, 1.165) is 35.3 Å². The maximum atomic E-state index is 13.1. The number of hydrogen-bond donors (Lipinski definition) is 1. The van der Waals surface area contributed by atoms with Gasteiger partial charge in [0.1, 0.15) is 11.9 Å². The normalized spacial score (nSPS) is 26.7. The molecule has 3 aliphatic rings. The highest BCUT2D eigenvalue weighted by Crippen LogP contribution is 2.35. The number of rotatable bonds is 2. The molecule has 0 aliphatic carbocycles. The van der Waals surface area contributed by atoms with Gasteiger partial charge in [0.05, 0.1) is 0 Å². The van der Waals surface area contributed by atoms with E-state index in [1.807, 2.05) is 47.2 Å². The number of nitrogens with one attached hydrogen (secondary N) is 1. The van der Waals surface area contributed by atoms with Crippen molar-refractivity contribution in [2.45, 2.75) is 26.6 Å². The fourth-order valence-electron chi connectivity index (χ4n) is 4.26. The fourth-order valence-corrected chi connectivity index (χ4v) is 4.26. The molecule has 0 spiro atoms. The first-order valence-corrected chi connectivity index (χ1v) is 9.72. The highest BCUT2D eigenvalue weighted by atomic mass is 16.3. The number of para-hydroxylation sites is 1. The third-order valence-electron chi connectivity index (χ3n) is 5.85. The van der Waals surface area contributed by atoms with Crippen LogP contribution in [0.2, 0.25) is 0 Å². The van der Waals surface area contributed by atoms with Gasteiger partial charge in [-0.1, -0.05) is 25.1 Å². The number of carbonyl (C=O) groups is 1. The lowest BCUT2D eigenvalue weighted by atomic mass is 9.83.